The fourth-order valence-electron chi connectivity index (χ4n) is 9.12. The van der Waals surface area contributed by atoms with Crippen molar-refractivity contribution in [2.24, 2.45) is 51.4 Å². The van der Waals surface area contributed by atoms with Gasteiger partial charge in [0, 0.05) is 12.3 Å². The van der Waals surface area contributed by atoms with Crippen LogP contribution >= 0.6 is 0 Å². The van der Waals surface area contributed by atoms with E-state index in [1.165, 1.54) is 50.5 Å². The normalized spacial score (nSPS) is 31.6. The molecule has 0 spiro atoms. The minimum Gasteiger partial charge on any atom is -0.481 e. The topological polar surface area (TPSA) is 153 Å². The van der Waals surface area contributed by atoms with Crippen LogP contribution in [0.25, 0.3) is 0 Å². The highest BCUT2D eigenvalue weighted by molar-refractivity contribution is 5.71. The average molecular weight is 617 g/mol. The number of allylic oxidation sites excluding steroid dienone is 5. The second kappa shape index (κ2) is 15.2. The molecule has 0 heterocycles. The summed E-state index contributed by atoms with van der Waals surface area (Å²) in [5, 5.41) is 15.0. The van der Waals surface area contributed by atoms with E-state index in [1.807, 2.05) is 0 Å². The number of hydrogen-bond acceptors (Lipinski definition) is 6. The van der Waals surface area contributed by atoms with Gasteiger partial charge in [-0.2, -0.15) is 0 Å². The Balaban J connectivity index is 0.000000660. The summed E-state index contributed by atoms with van der Waals surface area (Å²) in [6, 6.07) is 0. The first-order chi connectivity index (χ1) is 20.4. The minimum atomic E-state index is -0.968. The van der Waals surface area contributed by atoms with Crippen LogP contribution in [0, 0.1) is 39.9 Å². The van der Waals surface area contributed by atoms with Crippen molar-refractivity contribution in [3.05, 3.63) is 34.9 Å². The summed E-state index contributed by atoms with van der Waals surface area (Å²) in [5.41, 5.74) is 17.2. The minimum absolute atomic E-state index is 0.0274. The number of rotatable bonds is 8. The number of carbonyl (C=O) groups excluding carboxylic acids is 1. The zero-order valence-electron chi connectivity index (χ0n) is 28.6. The van der Waals surface area contributed by atoms with E-state index < -0.39 is 11.9 Å². The molecule has 0 bridgehead atoms. The maximum absolute atomic E-state index is 12.1. The summed E-state index contributed by atoms with van der Waals surface area (Å²) in [4.78, 5) is 30.3. The van der Waals surface area contributed by atoms with Crippen molar-refractivity contribution in [3.8, 4) is 0 Å². The van der Waals surface area contributed by atoms with E-state index >= 15 is 0 Å². The molecule has 4 aliphatic carbocycles. The van der Waals surface area contributed by atoms with Gasteiger partial charge in [-0.25, -0.2) is 0 Å². The number of carbonyl (C=O) groups is 3. The average Bonchev–Trinajstić information content (AvgIpc) is 3.25. The molecule has 8 heteroatoms. The molecule has 8 nitrogen and oxygen atoms in total. The molecule has 5 unspecified atom stereocenters. The molecular formula is C36H60N2O6. The Morgan fingerprint density at radius 2 is 1.66 bits per heavy atom. The van der Waals surface area contributed by atoms with E-state index in [4.69, 9.17) is 25.5 Å². The molecule has 250 valence electrons. The van der Waals surface area contributed by atoms with E-state index in [0.29, 0.717) is 23.2 Å². The number of ether oxygens (including phenoxy) is 1. The maximum Gasteiger partial charge on any atom is 0.319 e. The largest absolute Gasteiger partial charge is 0.481 e. The Hall–Kier alpha value is -2.45. The van der Waals surface area contributed by atoms with Gasteiger partial charge in [-0.3, -0.25) is 14.4 Å². The molecule has 0 aliphatic heterocycles. The van der Waals surface area contributed by atoms with Crippen LogP contribution in [-0.2, 0) is 19.1 Å². The lowest BCUT2D eigenvalue weighted by Crippen LogP contribution is -2.55. The van der Waals surface area contributed by atoms with Crippen molar-refractivity contribution in [2.45, 2.75) is 119 Å². The zero-order chi connectivity index (χ0) is 33.6. The highest BCUT2D eigenvalue weighted by Crippen LogP contribution is 2.67. The van der Waals surface area contributed by atoms with Crippen molar-refractivity contribution in [1.29, 1.82) is 0 Å². The molecule has 1 saturated carbocycles. The van der Waals surface area contributed by atoms with Gasteiger partial charge in [0.15, 0.2) is 0 Å². The number of carboxylic acids is 2. The number of esters is 1. The number of hydrogen-bond donors (Lipinski definition) is 4. The molecule has 1 fully saturated rings. The van der Waals surface area contributed by atoms with Crippen LogP contribution in [0.15, 0.2) is 34.9 Å². The number of carboxylic acid groups (broad SMARTS) is 2. The van der Waals surface area contributed by atoms with Crippen LogP contribution in [0.5, 0.6) is 0 Å². The molecule has 0 saturated heterocycles. The molecule has 6 atom stereocenters. The molecular weight excluding hydrogens is 556 g/mol. The quantitative estimate of drug-likeness (QED) is 0.170. The van der Waals surface area contributed by atoms with Gasteiger partial charge in [-0.15, -0.1) is 0 Å². The van der Waals surface area contributed by atoms with Crippen LogP contribution in [0.4, 0.5) is 0 Å². The highest BCUT2D eigenvalue weighted by Gasteiger charge is 2.59. The Kier molecular flexibility index (Phi) is 13.1. The van der Waals surface area contributed by atoms with Gasteiger partial charge in [-0.1, -0.05) is 72.3 Å². The molecule has 0 amide bonds. The molecule has 0 aromatic heterocycles. The first kappa shape index (κ1) is 37.7. The SMILES string of the molecule is C=C(CCC[C@H]1CC=C2C3=C(C(C)CC21C)C1(C)CCC(OC(=O)CN)C(C)(C)C1CC3)C(C)C.CC(=O)O.NCC(=O)O. The number of nitrogens with two attached hydrogens (primary N) is 2. The Morgan fingerprint density at radius 1 is 1.07 bits per heavy atom. The van der Waals surface area contributed by atoms with Crippen molar-refractivity contribution in [3.63, 3.8) is 0 Å². The molecule has 0 aromatic rings. The smallest absolute Gasteiger partial charge is 0.319 e. The van der Waals surface area contributed by atoms with Gasteiger partial charge in [-0.05, 0) is 103 Å². The second-order valence-electron chi connectivity index (χ2n) is 14.8. The first-order valence-electron chi connectivity index (χ1n) is 16.5. The van der Waals surface area contributed by atoms with Crippen molar-refractivity contribution < 1.29 is 29.3 Å². The van der Waals surface area contributed by atoms with Gasteiger partial charge >= 0.3 is 11.9 Å². The summed E-state index contributed by atoms with van der Waals surface area (Å²) >= 11 is 0. The fourth-order valence-corrected chi connectivity index (χ4v) is 9.12. The van der Waals surface area contributed by atoms with Crippen LogP contribution < -0.4 is 11.5 Å². The van der Waals surface area contributed by atoms with E-state index in [9.17, 15) is 9.59 Å². The van der Waals surface area contributed by atoms with Gasteiger partial charge in [0.05, 0.1) is 13.1 Å². The Morgan fingerprint density at radius 3 is 2.18 bits per heavy atom. The van der Waals surface area contributed by atoms with E-state index in [2.05, 4.69) is 66.9 Å². The third kappa shape index (κ3) is 8.22. The van der Waals surface area contributed by atoms with Crippen molar-refractivity contribution in [2.75, 3.05) is 13.1 Å². The van der Waals surface area contributed by atoms with Gasteiger partial charge in [0.1, 0.15) is 6.10 Å². The Labute approximate surface area is 265 Å². The first-order valence-corrected chi connectivity index (χ1v) is 16.5. The predicted octanol–water partition coefficient (Wildman–Crippen LogP) is 6.89. The molecule has 6 N–H and O–H groups in total. The predicted molar refractivity (Wildman–Crippen MR) is 176 cm³/mol. The van der Waals surface area contributed by atoms with Crippen LogP contribution in [0.1, 0.15) is 113 Å². The van der Waals surface area contributed by atoms with Crippen LogP contribution in [-0.4, -0.2) is 47.3 Å². The van der Waals surface area contributed by atoms with Gasteiger partial charge in [0.25, 0.3) is 5.97 Å². The lowest BCUT2D eigenvalue weighted by Gasteiger charge is -2.60. The molecule has 0 aromatic carbocycles. The lowest BCUT2D eigenvalue weighted by molar-refractivity contribution is -0.167. The third-order valence-electron chi connectivity index (χ3n) is 11.2. The molecule has 44 heavy (non-hydrogen) atoms. The van der Waals surface area contributed by atoms with E-state index in [-0.39, 0.29) is 36.0 Å². The number of fused-ring (bicyclic) bond motifs is 4. The molecule has 0 radical (unpaired) electrons. The highest BCUT2D eigenvalue weighted by atomic mass is 16.5. The number of aliphatic carboxylic acids is 2. The summed E-state index contributed by atoms with van der Waals surface area (Å²) in [6.45, 7) is 21.9. The van der Waals surface area contributed by atoms with Crippen molar-refractivity contribution >= 4 is 17.9 Å². The standard InChI is InChI=1S/C32H51NO2.C2H5NO2.C2H4O2/c1-20(2)21(3)10-9-11-23-12-14-25-24-13-15-26-30(5,6)27(35-28(34)19-33)16-17-31(26,7)29(24)22(4)18-32(23,25)8;3-1-2(4)5;1-2(3)4/h14,20,22-23,26-27H,3,9-13,15-19,33H2,1-2,4-8H3;1,3H2,(H,4,5);1H3,(H,3,4)/t22?,23-,26?,27?,31?,32?;;/m0../s1. The zero-order valence-corrected chi connectivity index (χ0v) is 28.6. The Bertz CT molecular complexity index is 1130. The van der Waals surface area contributed by atoms with Gasteiger partial charge < -0.3 is 26.4 Å². The summed E-state index contributed by atoms with van der Waals surface area (Å²) in [7, 11) is 0. The summed E-state index contributed by atoms with van der Waals surface area (Å²) in [6.07, 6.45) is 13.3. The third-order valence-corrected chi connectivity index (χ3v) is 11.2. The van der Waals surface area contributed by atoms with Crippen LogP contribution in [0.2, 0.25) is 0 Å². The lowest BCUT2D eigenvalue weighted by atomic mass is 9.45. The monoisotopic (exact) mass is 616 g/mol. The summed E-state index contributed by atoms with van der Waals surface area (Å²) < 4.78 is 5.88. The van der Waals surface area contributed by atoms with E-state index in [0.717, 1.165) is 25.7 Å². The van der Waals surface area contributed by atoms with Crippen LogP contribution in [0.3, 0.4) is 0 Å². The second-order valence-corrected chi connectivity index (χ2v) is 14.8. The van der Waals surface area contributed by atoms with E-state index in [1.54, 1.807) is 16.7 Å². The van der Waals surface area contributed by atoms with Crippen molar-refractivity contribution in [1.82, 2.24) is 0 Å². The summed E-state index contributed by atoms with van der Waals surface area (Å²) in [5.74, 6) is 0.449. The molecule has 4 rings (SSSR count). The molecule has 4 aliphatic rings. The maximum atomic E-state index is 12.1. The van der Waals surface area contributed by atoms with Gasteiger partial charge in [0.2, 0.25) is 0 Å². The fraction of sp³-hybridized carbons (Fsp3) is 0.750.